The first kappa shape index (κ1) is 13.8. The monoisotopic (exact) mass is 328 g/mol. The summed E-state index contributed by atoms with van der Waals surface area (Å²) in [4.78, 5) is 19.7. The molecule has 0 bridgehead atoms. The van der Waals surface area contributed by atoms with Crippen LogP contribution < -0.4 is 5.32 Å². The van der Waals surface area contributed by atoms with Crippen LogP contribution in [0.4, 0.5) is 4.79 Å². The molecule has 2 heterocycles. The second-order valence-electron chi connectivity index (χ2n) is 3.20. The predicted molar refractivity (Wildman–Crippen MR) is 70.5 cm³/mol. The summed E-state index contributed by atoms with van der Waals surface area (Å²) < 4.78 is 0.0103. The molecule has 0 spiro atoms. The zero-order valence-electron chi connectivity index (χ0n) is 8.93. The fraction of sp³-hybridized carbons (Fsp3) is 0.375. The van der Waals surface area contributed by atoms with Crippen molar-refractivity contribution in [3.8, 4) is 0 Å². The molecule has 1 N–H and O–H groups in total. The maximum atomic E-state index is 11.0. The van der Waals surface area contributed by atoms with E-state index in [1.807, 2.05) is 0 Å². The lowest BCUT2D eigenvalue weighted by Crippen LogP contribution is -2.31. The van der Waals surface area contributed by atoms with Crippen LogP contribution in [0.3, 0.4) is 0 Å². The first-order chi connectivity index (χ1) is 8.43. The van der Waals surface area contributed by atoms with Crippen LogP contribution in [0.15, 0.2) is 22.7 Å². The molecule has 1 unspecified atom stereocenters. The van der Waals surface area contributed by atoms with Crippen molar-refractivity contribution in [2.75, 3.05) is 7.05 Å². The third kappa shape index (κ3) is 2.69. The van der Waals surface area contributed by atoms with E-state index in [1.54, 1.807) is 17.0 Å². The number of thioether (sulfide) groups is 1. The zero-order chi connectivity index (χ0) is 13.3. The van der Waals surface area contributed by atoms with Crippen LogP contribution >= 0.6 is 46.6 Å². The molecule has 6 nitrogen and oxygen atoms in total. The van der Waals surface area contributed by atoms with E-state index >= 15 is 0 Å². The number of carbonyl (C=O) groups excluding carboxylic acids is 1. The number of imidazole rings is 1. The summed E-state index contributed by atoms with van der Waals surface area (Å²) in [6.07, 6.45) is 2.51. The maximum absolute atomic E-state index is 11.0. The smallest absolute Gasteiger partial charge is 0.323 e. The van der Waals surface area contributed by atoms with E-state index in [0.717, 1.165) is 0 Å². The molecule has 2 rings (SSSR count). The van der Waals surface area contributed by atoms with Gasteiger partial charge in [-0.15, -0.1) is 0 Å². The molecule has 0 fully saturated rings. The van der Waals surface area contributed by atoms with E-state index in [-0.39, 0.29) is 0 Å². The van der Waals surface area contributed by atoms with Crippen LogP contribution in [0.2, 0.25) is 0 Å². The highest BCUT2D eigenvalue weighted by Crippen LogP contribution is 2.45. The summed E-state index contributed by atoms with van der Waals surface area (Å²) in [5.74, 6) is 0.302. The van der Waals surface area contributed by atoms with Gasteiger partial charge < -0.3 is 5.32 Å². The molecule has 0 aromatic carbocycles. The molecule has 1 amide bonds. The predicted octanol–water partition coefficient (Wildman–Crippen LogP) is 2.25. The molecule has 1 atom stereocenters. The van der Waals surface area contributed by atoms with E-state index in [2.05, 4.69) is 20.3 Å². The topological polar surface area (TPSA) is 68.5 Å². The number of alkyl halides is 3. The minimum absolute atomic E-state index is 0.302. The maximum Gasteiger partial charge on any atom is 0.433 e. The Balaban J connectivity index is 2.30. The van der Waals surface area contributed by atoms with Crippen molar-refractivity contribution >= 4 is 58.5 Å². The van der Waals surface area contributed by atoms with Gasteiger partial charge in [-0.25, -0.2) is 9.78 Å². The molecule has 98 valence electrons. The highest BCUT2D eigenvalue weighted by atomic mass is 35.6. The van der Waals surface area contributed by atoms with E-state index in [1.165, 1.54) is 18.8 Å². The van der Waals surface area contributed by atoms with E-state index in [9.17, 15) is 4.79 Å². The number of aromatic nitrogens is 2. The van der Waals surface area contributed by atoms with Crippen molar-refractivity contribution in [1.82, 2.24) is 14.9 Å². The summed E-state index contributed by atoms with van der Waals surface area (Å²) in [7, 11) is 1.42. The molecule has 0 saturated carbocycles. The van der Waals surface area contributed by atoms with Gasteiger partial charge in [-0.3, -0.25) is 9.40 Å². The molecule has 0 radical (unpaired) electrons. The van der Waals surface area contributed by atoms with Gasteiger partial charge in [0.1, 0.15) is 5.25 Å². The van der Waals surface area contributed by atoms with Crippen molar-refractivity contribution in [3.05, 3.63) is 12.4 Å². The fourth-order valence-corrected chi connectivity index (χ4v) is 2.96. The third-order valence-electron chi connectivity index (χ3n) is 2.03. The first-order valence-electron chi connectivity index (χ1n) is 4.67. The van der Waals surface area contributed by atoms with Gasteiger partial charge in [0, 0.05) is 19.4 Å². The summed E-state index contributed by atoms with van der Waals surface area (Å²) in [6, 6.07) is 0. The lowest BCUT2D eigenvalue weighted by molar-refractivity contribution is 0.152. The molecule has 1 aliphatic heterocycles. The normalized spacial score (nSPS) is 20.9. The number of rotatable bonds is 1. The van der Waals surface area contributed by atoms with Gasteiger partial charge in [0.2, 0.25) is 3.79 Å². The lowest BCUT2D eigenvalue weighted by Gasteiger charge is -2.17. The van der Waals surface area contributed by atoms with Gasteiger partial charge in [0.25, 0.3) is 0 Å². The molecule has 18 heavy (non-hydrogen) atoms. The average Bonchev–Trinajstić information content (AvgIpc) is 2.85. The molecule has 0 saturated heterocycles. The highest BCUT2D eigenvalue weighted by Gasteiger charge is 2.44. The Labute approximate surface area is 122 Å². The van der Waals surface area contributed by atoms with Crippen molar-refractivity contribution in [3.63, 3.8) is 0 Å². The highest BCUT2D eigenvalue weighted by molar-refractivity contribution is 8.01. The number of nitrogens with one attached hydrogen (secondary N) is 1. The molecule has 1 aliphatic rings. The molecule has 10 heteroatoms. The van der Waals surface area contributed by atoms with Gasteiger partial charge in [0.15, 0.2) is 11.0 Å². The Bertz CT molecular complexity index is 499. The molecule has 0 aliphatic carbocycles. The molecule has 1 aromatic heterocycles. The van der Waals surface area contributed by atoms with Gasteiger partial charge in [-0.1, -0.05) is 51.7 Å². The third-order valence-corrected chi connectivity index (χ3v) is 4.39. The van der Waals surface area contributed by atoms with Gasteiger partial charge in [-0.05, 0) is 0 Å². The van der Waals surface area contributed by atoms with E-state index in [0.29, 0.717) is 11.0 Å². The second kappa shape index (κ2) is 5.16. The average molecular weight is 330 g/mol. The lowest BCUT2D eigenvalue weighted by atomic mass is 10.4. The number of carbonyl (C=O) groups is 1. The Morgan fingerprint density at radius 2 is 2.39 bits per heavy atom. The van der Waals surface area contributed by atoms with Crippen LogP contribution in [0.1, 0.15) is 0 Å². The minimum Gasteiger partial charge on any atom is -0.323 e. The minimum atomic E-state index is -1.59. The number of oxime groups is 1. The summed E-state index contributed by atoms with van der Waals surface area (Å²) in [6.45, 7) is 0. The number of nitrogens with zero attached hydrogens (tertiary/aromatic N) is 3. The largest absolute Gasteiger partial charge is 0.433 e. The molecular formula is C8H7Cl3N4O2S. The fourth-order valence-electron chi connectivity index (χ4n) is 1.27. The Morgan fingerprint density at radius 3 is 3.00 bits per heavy atom. The van der Waals surface area contributed by atoms with Crippen molar-refractivity contribution in [2.45, 2.75) is 14.2 Å². The van der Waals surface area contributed by atoms with Crippen LogP contribution in [-0.2, 0) is 4.84 Å². The van der Waals surface area contributed by atoms with Crippen LogP contribution in [0.25, 0.3) is 0 Å². The number of halogens is 3. The Morgan fingerprint density at radius 1 is 1.67 bits per heavy atom. The first-order valence-corrected chi connectivity index (χ1v) is 6.68. The quantitative estimate of drug-likeness (QED) is 0.487. The number of amides is 1. The summed E-state index contributed by atoms with van der Waals surface area (Å²) in [5, 5.41) is 5.99. The number of hydrogen-bond acceptors (Lipinski definition) is 5. The zero-order valence-corrected chi connectivity index (χ0v) is 12.0. The van der Waals surface area contributed by atoms with E-state index < -0.39 is 15.1 Å². The van der Waals surface area contributed by atoms with Crippen LogP contribution in [0.5, 0.6) is 0 Å². The second-order valence-corrected chi connectivity index (χ2v) is 6.64. The molecular weight excluding hydrogens is 323 g/mol. The van der Waals surface area contributed by atoms with Gasteiger partial charge >= 0.3 is 6.09 Å². The van der Waals surface area contributed by atoms with Crippen molar-refractivity contribution in [2.24, 2.45) is 5.16 Å². The van der Waals surface area contributed by atoms with E-state index in [4.69, 9.17) is 34.8 Å². The summed E-state index contributed by atoms with van der Waals surface area (Å²) in [5.41, 5.74) is 0. The van der Waals surface area contributed by atoms with Gasteiger partial charge in [0.05, 0.1) is 0 Å². The number of fused-ring (bicyclic) bond motifs is 1. The Hall–Kier alpha value is -0.630. The van der Waals surface area contributed by atoms with Crippen molar-refractivity contribution in [1.29, 1.82) is 0 Å². The summed E-state index contributed by atoms with van der Waals surface area (Å²) >= 11 is 18.8. The van der Waals surface area contributed by atoms with Crippen LogP contribution in [-0.4, -0.2) is 37.6 Å². The van der Waals surface area contributed by atoms with Crippen molar-refractivity contribution < 1.29 is 9.63 Å². The number of hydrogen-bond donors (Lipinski definition) is 1. The van der Waals surface area contributed by atoms with Gasteiger partial charge in [-0.2, -0.15) is 0 Å². The van der Waals surface area contributed by atoms with Crippen LogP contribution in [0, 0.1) is 0 Å². The standard InChI is InChI=1S/C8H7Cl3N4O2S/c1-12-7(16)17-14-5-4(8(9,10)11)18-6-13-2-3-15(5)6/h2-4H,1H3,(H,12,16). The SMILES string of the molecule is CNC(=O)ON=C1C(C(Cl)(Cl)Cl)Sc2nccn21. The molecule has 1 aromatic rings. The Kier molecular flexibility index (Phi) is 3.96.